The van der Waals surface area contributed by atoms with Crippen LogP contribution in [0.4, 0.5) is 0 Å². The number of hydrogen-bond donors (Lipinski definition) is 4. The Morgan fingerprint density at radius 2 is 1.92 bits per heavy atom. The highest BCUT2D eigenvalue weighted by Gasteiger charge is 2.28. The molecule has 4 aromatic rings. The molecule has 0 aliphatic carbocycles. The topological polar surface area (TPSA) is 138 Å². The molecule has 0 radical (unpaired) electrons. The summed E-state index contributed by atoms with van der Waals surface area (Å²) in [5, 5.41) is 23.7. The van der Waals surface area contributed by atoms with Gasteiger partial charge in [-0.2, -0.15) is 0 Å². The van der Waals surface area contributed by atoms with Gasteiger partial charge in [0.05, 0.1) is 30.1 Å². The number of methoxy groups -OCH3 is 1. The minimum absolute atomic E-state index is 0.0305. The van der Waals surface area contributed by atoms with Crippen LogP contribution < -0.4 is 15.5 Å². The van der Waals surface area contributed by atoms with E-state index < -0.39 is 17.1 Å². The molecule has 0 bridgehead atoms. The fraction of sp³-hybridized carbons (Fsp3) is 0.321. The lowest BCUT2D eigenvalue weighted by atomic mass is 9.91. The van der Waals surface area contributed by atoms with E-state index in [0.717, 1.165) is 11.0 Å². The predicted molar refractivity (Wildman–Crippen MR) is 139 cm³/mol. The summed E-state index contributed by atoms with van der Waals surface area (Å²) in [7, 11) is 1.41. The van der Waals surface area contributed by atoms with Gasteiger partial charge in [-0.05, 0) is 49.1 Å². The van der Waals surface area contributed by atoms with Crippen molar-refractivity contribution in [3.63, 3.8) is 0 Å². The van der Waals surface area contributed by atoms with E-state index in [2.05, 4.69) is 29.1 Å². The molecule has 9 nitrogen and oxygen atoms in total. The quantitative estimate of drug-likeness (QED) is 0.259. The van der Waals surface area contributed by atoms with E-state index in [4.69, 9.17) is 9.15 Å². The summed E-state index contributed by atoms with van der Waals surface area (Å²) < 4.78 is 11.0. The number of para-hydroxylation sites is 2. The number of ether oxygens (including phenoxy) is 1. The zero-order chi connectivity index (χ0) is 26.7. The molecule has 2 heterocycles. The fourth-order valence-corrected chi connectivity index (χ4v) is 4.42. The Kier molecular flexibility index (Phi) is 7.52. The molecule has 37 heavy (non-hydrogen) atoms. The second kappa shape index (κ2) is 10.8. The molecule has 1 amide bonds. The number of aromatic hydroxyl groups is 2. The van der Waals surface area contributed by atoms with Crippen LogP contribution in [0.1, 0.15) is 61.6 Å². The van der Waals surface area contributed by atoms with Crippen molar-refractivity contribution >= 4 is 16.9 Å². The van der Waals surface area contributed by atoms with Gasteiger partial charge >= 0.3 is 0 Å². The average Bonchev–Trinajstić information content (AvgIpc) is 3.29. The first-order valence-corrected chi connectivity index (χ1v) is 12.1. The highest BCUT2D eigenvalue weighted by atomic mass is 16.5. The zero-order valence-corrected chi connectivity index (χ0v) is 21.2. The first kappa shape index (κ1) is 25.8. The number of benzene rings is 2. The predicted octanol–water partition coefficient (Wildman–Crippen LogP) is 4.67. The van der Waals surface area contributed by atoms with E-state index in [1.807, 2.05) is 24.3 Å². The molecule has 0 fully saturated rings. The first-order chi connectivity index (χ1) is 17.7. The van der Waals surface area contributed by atoms with E-state index in [9.17, 15) is 19.8 Å². The van der Waals surface area contributed by atoms with Gasteiger partial charge in [-0.25, -0.2) is 4.98 Å². The number of imidazole rings is 1. The van der Waals surface area contributed by atoms with E-state index in [1.165, 1.54) is 19.2 Å². The van der Waals surface area contributed by atoms with Crippen molar-refractivity contribution in [1.82, 2.24) is 15.3 Å². The van der Waals surface area contributed by atoms with E-state index >= 15 is 0 Å². The summed E-state index contributed by atoms with van der Waals surface area (Å²) in [4.78, 5) is 33.8. The number of carbonyl (C=O) groups excluding carboxylic acids is 1. The number of nitrogens with zero attached hydrogens (tertiary/aromatic N) is 1. The second-order valence-corrected chi connectivity index (χ2v) is 9.51. The van der Waals surface area contributed by atoms with Crippen molar-refractivity contribution in [2.24, 2.45) is 5.92 Å². The van der Waals surface area contributed by atoms with Crippen molar-refractivity contribution in [2.45, 2.75) is 45.6 Å². The van der Waals surface area contributed by atoms with E-state index in [1.54, 1.807) is 19.1 Å². The van der Waals surface area contributed by atoms with Gasteiger partial charge in [-0.3, -0.25) is 9.59 Å². The summed E-state index contributed by atoms with van der Waals surface area (Å²) in [6.07, 6.45) is 0.511. The van der Waals surface area contributed by atoms with Crippen LogP contribution in [0.5, 0.6) is 17.2 Å². The number of rotatable bonds is 9. The van der Waals surface area contributed by atoms with E-state index in [0.29, 0.717) is 23.6 Å². The van der Waals surface area contributed by atoms with Gasteiger partial charge < -0.3 is 29.7 Å². The molecule has 4 N–H and O–H groups in total. The zero-order valence-electron chi connectivity index (χ0n) is 21.2. The summed E-state index contributed by atoms with van der Waals surface area (Å²) in [5.41, 5.74) is 1.61. The Morgan fingerprint density at radius 1 is 1.16 bits per heavy atom. The Morgan fingerprint density at radius 3 is 2.62 bits per heavy atom. The largest absolute Gasteiger partial charge is 0.504 e. The van der Waals surface area contributed by atoms with Gasteiger partial charge in [0.1, 0.15) is 11.6 Å². The number of phenolic OH excluding ortho intramolecular Hbond substituents is 1. The van der Waals surface area contributed by atoms with Crippen LogP contribution in [0.15, 0.2) is 57.7 Å². The molecule has 2 aromatic heterocycles. The van der Waals surface area contributed by atoms with Crippen molar-refractivity contribution in [2.75, 3.05) is 7.11 Å². The SMILES string of the molecule is COc1cc(C(CC(=O)NC(CC(C)C)c2nc3ccccc3[nH]2)c2oc(C)cc(=O)c2O)ccc1O. The molecule has 0 aliphatic heterocycles. The van der Waals surface area contributed by atoms with Crippen molar-refractivity contribution in [3.8, 4) is 17.2 Å². The van der Waals surface area contributed by atoms with Crippen LogP contribution in [0, 0.1) is 12.8 Å². The number of carbonyl (C=O) groups is 1. The number of fused-ring (bicyclic) bond motifs is 1. The highest BCUT2D eigenvalue weighted by molar-refractivity contribution is 5.79. The average molecular weight is 506 g/mol. The maximum absolute atomic E-state index is 13.4. The number of aryl methyl sites for hydroxylation is 1. The van der Waals surface area contributed by atoms with Crippen molar-refractivity contribution in [1.29, 1.82) is 0 Å². The number of nitrogens with one attached hydrogen (secondary N) is 2. The minimum Gasteiger partial charge on any atom is -0.504 e. The Balaban J connectivity index is 1.69. The smallest absolute Gasteiger partial charge is 0.227 e. The molecule has 2 unspecified atom stereocenters. The lowest BCUT2D eigenvalue weighted by molar-refractivity contribution is -0.122. The monoisotopic (exact) mass is 505 g/mol. The van der Waals surface area contributed by atoms with Gasteiger partial charge in [0.15, 0.2) is 17.3 Å². The Labute approximate surface area is 214 Å². The molecule has 0 saturated heterocycles. The summed E-state index contributed by atoms with van der Waals surface area (Å²) >= 11 is 0. The van der Waals surface area contributed by atoms with Gasteiger partial charge in [0, 0.05) is 12.5 Å². The minimum atomic E-state index is -0.822. The van der Waals surface area contributed by atoms with E-state index in [-0.39, 0.29) is 41.5 Å². The number of aromatic nitrogens is 2. The maximum Gasteiger partial charge on any atom is 0.227 e. The molecular weight excluding hydrogens is 474 g/mol. The lowest BCUT2D eigenvalue weighted by Crippen LogP contribution is -2.31. The molecule has 9 heteroatoms. The molecular formula is C28H31N3O6. The maximum atomic E-state index is 13.4. The molecule has 0 spiro atoms. The normalized spacial score (nSPS) is 13.0. The number of H-pyrrole nitrogens is 1. The summed E-state index contributed by atoms with van der Waals surface area (Å²) in [6, 6.07) is 13.0. The number of hydrogen-bond acceptors (Lipinski definition) is 7. The van der Waals surface area contributed by atoms with Crippen LogP contribution >= 0.6 is 0 Å². The molecule has 4 rings (SSSR count). The van der Waals surface area contributed by atoms with Crippen LogP contribution in [-0.4, -0.2) is 33.2 Å². The van der Waals surface area contributed by atoms with Gasteiger partial charge in [0.25, 0.3) is 0 Å². The highest BCUT2D eigenvalue weighted by Crippen LogP contribution is 2.37. The first-order valence-electron chi connectivity index (χ1n) is 12.1. The summed E-state index contributed by atoms with van der Waals surface area (Å²) in [5.74, 6) is -0.407. The third-order valence-electron chi connectivity index (χ3n) is 6.16. The fourth-order valence-electron chi connectivity index (χ4n) is 4.42. The molecule has 0 saturated carbocycles. The molecule has 0 aliphatic rings. The number of amides is 1. The Bertz CT molecular complexity index is 1440. The standard InChI is InChI=1S/C28H31N3O6/c1-15(2)11-21(28-30-19-7-5-6-8-20(19)31-28)29-25(34)14-18(17-9-10-22(32)24(13-17)36-4)27-26(35)23(33)12-16(3)37-27/h5-10,12-13,15,18,21,32,35H,11,14H2,1-4H3,(H,29,34)(H,30,31). The summed E-state index contributed by atoms with van der Waals surface area (Å²) in [6.45, 7) is 5.72. The van der Waals surface area contributed by atoms with Crippen LogP contribution in [-0.2, 0) is 4.79 Å². The third-order valence-corrected chi connectivity index (χ3v) is 6.16. The second-order valence-electron chi connectivity index (χ2n) is 9.51. The number of aromatic amines is 1. The molecule has 194 valence electrons. The van der Waals surface area contributed by atoms with Crippen LogP contribution in [0.2, 0.25) is 0 Å². The Hall–Kier alpha value is -4.27. The van der Waals surface area contributed by atoms with Gasteiger partial charge in [-0.1, -0.05) is 32.0 Å². The van der Waals surface area contributed by atoms with Gasteiger partial charge in [-0.15, -0.1) is 0 Å². The molecule has 2 atom stereocenters. The van der Waals surface area contributed by atoms with Gasteiger partial charge in [0.2, 0.25) is 17.1 Å². The third kappa shape index (κ3) is 5.77. The van der Waals surface area contributed by atoms with Crippen LogP contribution in [0.25, 0.3) is 11.0 Å². The van der Waals surface area contributed by atoms with Crippen molar-refractivity contribution in [3.05, 3.63) is 81.7 Å². The van der Waals surface area contributed by atoms with Crippen LogP contribution in [0.3, 0.4) is 0 Å². The van der Waals surface area contributed by atoms with Crippen molar-refractivity contribution < 1.29 is 24.2 Å². The number of phenols is 1. The lowest BCUT2D eigenvalue weighted by Gasteiger charge is -2.22. The molecule has 2 aromatic carbocycles.